The van der Waals surface area contributed by atoms with Crippen LogP contribution >= 0.6 is 22.9 Å². The molecule has 122 valence electrons. The molecular formula is C13H13ClN4O4S. The first kappa shape index (κ1) is 17.0. The summed E-state index contributed by atoms with van der Waals surface area (Å²) in [6.45, 7) is 1.46. The van der Waals surface area contributed by atoms with Gasteiger partial charge in [-0.1, -0.05) is 11.6 Å². The lowest BCUT2D eigenvalue weighted by Gasteiger charge is -2.06. The van der Waals surface area contributed by atoms with E-state index in [0.717, 1.165) is 11.3 Å². The summed E-state index contributed by atoms with van der Waals surface area (Å²) in [7, 11) is 1.21. The number of primary amides is 1. The molecular weight excluding hydrogens is 344 g/mol. The smallest absolute Gasteiger partial charge is 0.341 e. The molecule has 0 aliphatic rings. The highest BCUT2D eigenvalue weighted by atomic mass is 35.5. The van der Waals surface area contributed by atoms with Crippen LogP contribution in [0.2, 0.25) is 5.02 Å². The molecule has 0 spiro atoms. The van der Waals surface area contributed by atoms with Crippen molar-refractivity contribution in [3.8, 4) is 0 Å². The molecule has 10 heteroatoms. The average Bonchev–Trinajstić information content (AvgIpc) is 3.02. The molecule has 3 N–H and O–H groups in total. The molecule has 23 heavy (non-hydrogen) atoms. The molecule has 0 saturated carbocycles. The molecule has 2 aromatic heterocycles. The molecule has 8 nitrogen and oxygen atoms in total. The number of thiophene rings is 1. The second-order valence-corrected chi connectivity index (χ2v) is 5.98. The zero-order valence-corrected chi connectivity index (χ0v) is 13.8. The van der Waals surface area contributed by atoms with Crippen molar-refractivity contribution in [3.63, 3.8) is 0 Å². The molecule has 0 atom stereocenters. The number of esters is 1. The van der Waals surface area contributed by atoms with E-state index in [0.29, 0.717) is 10.6 Å². The van der Waals surface area contributed by atoms with Gasteiger partial charge in [0.2, 0.25) is 5.91 Å². The molecule has 2 heterocycles. The van der Waals surface area contributed by atoms with Gasteiger partial charge in [-0.25, -0.2) is 4.79 Å². The number of amides is 2. The SMILES string of the molecule is COC(=O)c1c(NC(=O)Cn2cc(Cl)cn2)sc(C(N)=O)c1C. The van der Waals surface area contributed by atoms with Gasteiger partial charge in [-0.3, -0.25) is 14.3 Å². The molecule has 0 aromatic carbocycles. The van der Waals surface area contributed by atoms with E-state index in [1.165, 1.54) is 24.2 Å². The number of hydrogen-bond acceptors (Lipinski definition) is 6. The lowest BCUT2D eigenvalue weighted by atomic mass is 10.1. The third-order valence-corrected chi connectivity index (χ3v) is 4.34. The lowest BCUT2D eigenvalue weighted by Crippen LogP contribution is -2.20. The number of nitrogens with one attached hydrogen (secondary N) is 1. The molecule has 0 saturated heterocycles. The van der Waals surface area contributed by atoms with Crippen molar-refractivity contribution < 1.29 is 19.1 Å². The first-order valence-corrected chi connectivity index (χ1v) is 7.52. The number of methoxy groups -OCH3 is 1. The maximum absolute atomic E-state index is 12.1. The number of ether oxygens (including phenoxy) is 1. The fraction of sp³-hybridized carbons (Fsp3) is 0.231. The highest BCUT2D eigenvalue weighted by Gasteiger charge is 2.25. The van der Waals surface area contributed by atoms with E-state index in [1.807, 2.05) is 0 Å². The maximum Gasteiger partial charge on any atom is 0.341 e. The quantitative estimate of drug-likeness (QED) is 0.786. The Morgan fingerprint density at radius 2 is 2.17 bits per heavy atom. The van der Waals surface area contributed by atoms with Crippen molar-refractivity contribution in [1.29, 1.82) is 0 Å². The van der Waals surface area contributed by atoms with E-state index in [1.54, 1.807) is 6.92 Å². The van der Waals surface area contributed by atoms with Gasteiger partial charge in [0.1, 0.15) is 11.5 Å². The Labute approximate surface area is 140 Å². The van der Waals surface area contributed by atoms with Crippen molar-refractivity contribution in [2.24, 2.45) is 5.73 Å². The number of halogens is 1. The van der Waals surface area contributed by atoms with Gasteiger partial charge in [0.15, 0.2) is 0 Å². The van der Waals surface area contributed by atoms with Gasteiger partial charge in [-0.2, -0.15) is 5.10 Å². The number of nitrogens with two attached hydrogens (primary N) is 1. The maximum atomic E-state index is 12.1. The van der Waals surface area contributed by atoms with Crippen molar-refractivity contribution >= 4 is 45.7 Å². The van der Waals surface area contributed by atoms with Crippen molar-refractivity contribution in [2.75, 3.05) is 12.4 Å². The number of aromatic nitrogens is 2. The van der Waals surface area contributed by atoms with Crippen LogP contribution < -0.4 is 11.1 Å². The van der Waals surface area contributed by atoms with Crippen LogP contribution in [0.1, 0.15) is 25.6 Å². The largest absolute Gasteiger partial charge is 0.465 e. The van der Waals surface area contributed by atoms with Crippen molar-refractivity contribution in [2.45, 2.75) is 13.5 Å². The summed E-state index contributed by atoms with van der Waals surface area (Å²) in [6.07, 6.45) is 2.88. The number of hydrogen-bond donors (Lipinski definition) is 2. The highest BCUT2D eigenvalue weighted by Crippen LogP contribution is 2.33. The van der Waals surface area contributed by atoms with E-state index < -0.39 is 17.8 Å². The van der Waals surface area contributed by atoms with Crippen LogP contribution in [0.4, 0.5) is 5.00 Å². The second kappa shape index (κ2) is 6.80. The third-order valence-electron chi connectivity index (χ3n) is 2.92. The van der Waals surface area contributed by atoms with E-state index in [9.17, 15) is 14.4 Å². The monoisotopic (exact) mass is 356 g/mol. The van der Waals surface area contributed by atoms with Gasteiger partial charge in [0.05, 0.1) is 28.8 Å². The van der Waals surface area contributed by atoms with Crippen LogP contribution in [0, 0.1) is 6.92 Å². The molecule has 0 fully saturated rings. The molecule has 0 aliphatic heterocycles. The summed E-state index contributed by atoms with van der Waals surface area (Å²) in [5, 5.41) is 7.05. The van der Waals surface area contributed by atoms with Crippen LogP contribution in [-0.2, 0) is 16.1 Å². The summed E-state index contributed by atoms with van der Waals surface area (Å²) >= 11 is 6.64. The van der Waals surface area contributed by atoms with Crippen molar-refractivity contribution in [3.05, 3.63) is 33.4 Å². The first-order chi connectivity index (χ1) is 10.8. The molecule has 2 amide bonds. The fourth-order valence-corrected chi connectivity index (χ4v) is 3.14. The Bertz CT molecular complexity index is 783. The summed E-state index contributed by atoms with van der Waals surface area (Å²) in [4.78, 5) is 35.5. The average molecular weight is 357 g/mol. The second-order valence-electron chi connectivity index (χ2n) is 4.52. The Kier molecular flexibility index (Phi) is 5.02. The number of anilines is 1. The molecule has 2 aromatic rings. The molecule has 0 unspecified atom stereocenters. The van der Waals surface area contributed by atoms with E-state index in [4.69, 9.17) is 17.3 Å². The lowest BCUT2D eigenvalue weighted by molar-refractivity contribution is -0.116. The number of carbonyl (C=O) groups is 3. The predicted octanol–water partition coefficient (Wildman–Crippen LogP) is 1.43. The van der Waals surface area contributed by atoms with E-state index >= 15 is 0 Å². The standard InChI is InChI=1S/C13H13ClN4O4S/c1-6-9(13(21)22-2)12(23-10(6)11(15)20)17-8(19)5-18-4-7(14)3-16-18/h3-4H,5H2,1-2H3,(H2,15,20)(H,17,19). The molecule has 0 aliphatic carbocycles. The minimum atomic E-state index is -0.683. The minimum absolute atomic E-state index is 0.101. The predicted molar refractivity (Wildman–Crippen MR) is 84.8 cm³/mol. The Morgan fingerprint density at radius 1 is 1.48 bits per heavy atom. The first-order valence-electron chi connectivity index (χ1n) is 6.32. The summed E-state index contributed by atoms with van der Waals surface area (Å²) in [5.74, 6) is -1.78. The number of nitrogens with zero attached hydrogens (tertiary/aromatic N) is 2. The van der Waals surface area contributed by atoms with E-state index in [-0.39, 0.29) is 22.0 Å². The van der Waals surface area contributed by atoms with Crippen LogP contribution in [-0.4, -0.2) is 34.7 Å². The van der Waals surface area contributed by atoms with Crippen LogP contribution in [0.3, 0.4) is 0 Å². The Morgan fingerprint density at radius 3 is 2.70 bits per heavy atom. The number of rotatable bonds is 5. The van der Waals surface area contributed by atoms with E-state index in [2.05, 4.69) is 15.2 Å². The van der Waals surface area contributed by atoms with Gasteiger partial charge in [0, 0.05) is 6.20 Å². The highest BCUT2D eigenvalue weighted by molar-refractivity contribution is 7.18. The molecule has 2 rings (SSSR count). The normalized spacial score (nSPS) is 10.4. The minimum Gasteiger partial charge on any atom is -0.465 e. The topological polar surface area (TPSA) is 116 Å². The van der Waals surface area contributed by atoms with Gasteiger partial charge in [-0.15, -0.1) is 11.3 Å². The molecule has 0 radical (unpaired) electrons. The summed E-state index contributed by atoms with van der Waals surface area (Å²) < 4.78 is 6.02. The number of carbonyl (C=O) groups excluding carboxylic acids is 3. The molecule has 0 bridgehead atoms. The third kappa shape index (κ3) is 3.69. The van der Waals surface area contributed by atoms with Gasteiger partial charge in [-0.05, 0) is 12.5 Å². The van der Waals surface area contributed by atoms with Crippen LogP contribution in [0.15, 0.2) is 12.4 Å². The zero-order chi connectivity index (χ0) is 17.1. The van der Waals surface area contributed by atoms with Gasteiger partial charge in [0.25, 0.3) is 5.91 Å². The Balaban J connectivity index is 2.27. The van der Waals surface area contributed by atoms with Crippen molar-refractivity contribution in [1.82, 2.24) is 9.78 Å². The van der Waals surface area contributed by atoms with Gasteiger partial charge >= 0.3 is 5.97 Å². The van der Waals surface area contributed by atoms with Gasteiger partial charge < -0.3 is 15.8 Å². The summed E-state index contributed by atoms with van der Waals surface area (Å²) in [5.41, 5.74) is 5.75. The fourth-order valence-electron chi connectivity index (χ4n) is 1.92. The van der Waals surface area contributed by atoms with Crippen LogP contribution in [0.5, 0.6) is 0 Å². The van der Waals surface area contributed by atoms with Crippen LogP contribution in [0.25, 0.3) is 0 Å². The zero-order valence-electron chi connectivity index (χ0n) is 12.3. The summed E-state index contributed by atoms with van der Waals surface area (Å²) in [6, 6.07) is 0. The Hall–Kier alpha value is -2.39.